The lowest BCUT2D eigenvalue weighted by molar-refractivity contribution is 0.130. The fraction of sp³-hybridized carbons (Fsp3) is 0.348. The molecule has 0 radical (unpaired) electrons. The Morgan fingerprint density at radius 3 is 2.47 bits per heavy atom. The van der Waals surface area contributed by atoms with Gasteiger partial charge in [-0.3, -0.25) is 4.79 Å². The molecule has 4 heterocycles. The number of aromatic nitrogens is 3. The molecule has 2 saturated heterocycles. The molecule has 7 heteroatoms. The molecule has 30 heavy (non-hydrogen) atoms. The van der Waals surface area contributed by atoms with Crippen LogP contribution in [0.15, 0.2) is 53.5 Å². The van der Waals surface area contributed by atoms with Gasteiger partial charge in [0.1, 0.15) is 11.9 Å². The Kier molecular flexibility index (Phi) is 4.75. The largest absolute Gasteiger partial charge is 0.507 e. The van der Waals surface area contributed by atoms with Gasteiger partial charge in [-0.25, -0.2) is 0 Å². The van der Waals surface area contributed by atoms with Crippen LogP contribution in [0, 0.1) is 0 Å². The van der Waals surface area contributed by atoms with Crippen molar-refractivity contribution in [1.29, 1.82) is 0 Å². The molecule has 3 aromatic rings. The van der Waals surface area contributed by atoms with Crippen LogP contribution in [0.4, 0.5) is 0 Å². The fourth-order valence-corrected chi connectivity index (χ4v) is 4.45. The molecule has 5 rings (SSSR count). The average Bonchev–Trinajstić information content (AvgIpc) is 3.09. The maximum atomic E-state index is 11.9. The first-order valence-corrected chi connectivity index (χ1v) is 10.3. The zero-order valence-corrected chi connectivity index (χ0v) is 16.8. The summed E-state index contributed by atoms with van der Waals surface area (Å²) in [5, 5.41) is 22.6. The number of nitrogens with zero attached hydrogens (tertiary/aromatic N) is 3. The van der Waals surface area contributed by atoms with Crippen LogP contribution in [-0.2, 0) is 7.05 Å². The van der Waals surface area contributed by atoms with Crippen molar-refractivity contribution in [1.82, 2.24) is 20.1 Å². The first kappa shape index (κ1) is 18.8. The second-order valence-corrected chi connectivity index (χ2v) is 8.20. The van der Waals surface area contributed by atoms with Gasteiger partial charge in [-0.15, -0.1) is 10.2 Å². The van der Waals surface area contributed by atoms with Crippen molar-refractivity contribution in [3.8, 4) is 34.0 Å². The summed E-state index contributed by atoms with van der Waals surface area (Å²) in [6.07, 6.45) is 6.34. The lowest BCUT2D eigenvalue weighted by atomic mass is 10.0. The number of fused-ring (bicyclic) bond motifs is 2. The Morgan fingerprint density at radius 1 is 1.03 bits per heavy atom. The van der Waals surface area contributed by atoms with Gasteiger partial charge in [0.25, 0.3) is 5.56 Å². The smallest absolute Gasteiger partial charge is 0.250 e. The van der Waals surface area contributed by atoms with E-state index in [0.717, 1.165) is 24.0 Å². The average molecular weight is 404 g/mol. The van der Waals surface area contributed by atoms with Crippen LogP contribution in [0.5, 0.6) is 11.6 Å². The number of piperidine rings is 1. The standard InChI is InChI=1S/C23H24N4O3/c1-27-9-8-15(11-23(27)29)14-2-5-19(21(28)10-14)20-6-7-22(26-25-20)30-18-12-16-3-4-17(13-18)24-16/h2,5-11,16-18,24,28H,3-4,12-13H2,1H3/t16-,17+,18+. The summed E-state index contributed by atoms with van der Waals surface area (Å²) in [6.45, 7) is 0. The molecule has 0 spiro atoms. The van der Waals surface area contributed by atoms with Gasteiger partial charge >= 0.3 is 0 Å². The van der Waals surface area contributed by atoms with Gasteiger partial charge in [0.05, 0.1) is 5.69 Å². The monoisotopic (exact) mass is 404 g/mol. The van der Waals surface area contributed by atoms with Crippen molar-refractivity contribution >= 4 is 0 Å². The molecule has 2 aliphatic rings. The summed E-state index contributed by atoms with van der Waals surface area (Å²) in [5.41, 5.74) is 2.58. The lowest BCUT2D eigenvalue weighted by Gasteiger charge is -2.28. The van der Waals surface area contributed by atoms with E-state index < -0.39 is 0 Å². The quantitative estimate of drug-likeness (QED) is 0.695. The van der Waals surface area contributed by atoms with E-state index in [9.17, 15) is 9.90 Å². The highest BCUT2D eigenvalue weighted by Gasteiger charge is 2.34. The van der Waals surface area contributed by atoms with E-state index in [1.54, 1.807) is 37.5 Å². The van der Waals surface area contributed by atoms with E-state index in [1.807, 2.05) is 18.2 Å². The Hall–Kier alpha value is -3.19. The van der Waals surface area contributed by atoms with Crippen LogP contribution in [0.25, 0.3) is 22.4 Å². The molecule has 0 unspecified atom stereocenters. The minimum Gasteiger partial charge on any atom is -0.507 e. The third kappa shape index (κ3) is 3.68. The number of nitrogens with one attached hydrogen (secondary N) is 1. The Balaban J connectivity index is 1.32. The van der Waals surface area contributed by atoms with E-state index in [0.29, 0.717) is 29.2 Å². The third-order valence-corrected chi connectivity index (χ3v) is 6.07. The fourth-order valence-electron chi connectivity index (χ4n) is 4.45. The molecular formula is C23H24N4O3. The van der Waals surface area contributed by atoms with Crippen molar-refractivity contribution in [2.45, 2.75) is 43.9 Å². The predicted octanol–water partition coefficient (Wildman–Crippen LogP) is 2.88. The molecule has 2 fully saturated rings. The van der Waals surface area contributed by atoms with Crippen LogP contribution in [-0.4, -0.2) is 38.1 Å². The highest BCUT2D eigenvalue weighted by molar-refractivity contribution is 5.74. The molecule has 0 amide bonds. The SMILES string of the molecule is Cn1ccc(-c2ccc(-c3ccc(O[C@H]4C[C@H]5CC[C@@H](C4)N5)nn3)c(O)c2)cc1=O. The number of pyridine rings is 1. The molecule has 3 atom stereocenters. The summed E-state index contributed by atoms with van der Waals surface area (Å²) in [7, 11) is 1.70. The van der Waals surface area contributed by atoms with Crippen molar-refractivity contribution < 1.29 is 9.84 Å². The number of aromatic hydroxyl groups is 1. The summed E-state index contributed by atoms with van der Waals surface area (Å²) < 4.78 is 7.55. The van der Waals surface area contributed by atoms with E-state index in [-0.39, 0.29) is 17.4 Å². The highest BCUT2D eigenvalue weighted by Crippen LogP contribution is 2.33. The van der Waals surface area contributed by atoms with Crippen LogP contribution < -0.4 is 15.6 Å². The third-order valence-electron chi connectivity index (χ3n) is 6.07. The highest BCUT2D eigenvalue weighted by atomic mass is 16.5. The topological polar surface area (TPSA) is 89.3 Å². The van der Waals surface area contributed by atoms with E-state index in [2.05, 4.69) is 15.5 Å². The summed E-state index contributed by atoms with van der Waals surface area (Å²) >= 11 is 0. The number of aryl methyl sites for hydroxylation is 1. The zero-order valence-electron chi connectivity index (χ0n) is 16.8. The molecule has 2 bridgehead atoms. The van der Waals surface area contributed by atoms with Gasteiger partial charge in [-0.2, -0.15) is 0 Å². The minimum atomic E-state index is -0.0979. The van der Waals surface area contributed by atoms with Crippen LogP contribution in [0.3, 0.4) is 0 Å². The molecule has 2 N–H and O–H groups in total. The van der Waals surface area contributed by atoms with Gasteiger partial charge in [-0.1, -0.05) is 6.07 Å². The number of phenols is 1. The second-order valence-electron chi connectivity index (χ2n) is 8.20. The number of hydrogen-bond donors (Lipinski definition) is 2. The summed E-state index contributed by atoms with van der Waals surface area (Å²) in [4.78, 5) is 11.9. The van der Waals surface area contributed by atoms with Crippen LogP contribution in [0.2, 0.25) is 0 Å². The van der Waals surface area contributed by atoms with Crippen LogP contribution in [0.1, 0.15) is 25.7 Å². The number of hydrogen-bond acceptors (Lipinski definition) is 6. The normalized spacial score (nSPS) is 22.8. The van der Waals surface area contributed by atoms with Crippen molar-refractivity contribution in [3.05, 3.63) is 59.0 Å². The van der Waals surface area contributed by atoms with Crippen molar-refractivity contribution in [2.24, 2.45) is 7.05 Å². The zero-order chi connectivity index (χ0) is 20.7. The van der Waals surface area contributed by atoms with Crippen molar-refractivity contribution in [3.63, 3.8) is 0 Å². The predicted molar refractivity (Wildman–Crippen MR) is 113 cm³/mol. The Labute approximate surface area is 174 Å². The molecular weight excluding hydrogens is 380 g/mol. The molecule has 7 nitrogen and oxygen atoms in total. The van der Waals surface area contributed by atoms with Crippen LogP contribution >= 0.6 is 0 Å². The molecule has 2 aliphatic heterocycles. The summed E-state index contributed by atoms with van der Waals surface area (Å²) in [5.74, 6) is 0.604. The van der Waals surface area contributed by atoms with E-state index >= 15 is 0 Å². The molecule has 1 aromatic carbocycles. The number of ether oxygens (including phenoxy) is 1. The van der Waals surface area contributed by atoms with Gasteiger partial charge in [0, 0.05) is 43.0 Å². The molecule has 0 aliphatic carbocycles. The van der Waals surface area contributed by atoms with Gasteiger partial charge < -0.3 is 19.7 Å². The Bertz CT molecular complexity index is 1110. The Morgan fingerprint density at radius 2 is 1.80 bits per heavy atom. The lowest BCUT2D eigenvalue weighted by Crippen LogP contribution is -2.42. The molecule has 154 valence electrons. The van der Waals surface area contributed by atoms with Crippen molar-refractivity contribution in [2.75, 3.05) is 0 Å². The number of phenolic OH excluding ortho intramolecular Hbond substituents is 1. The minimum absolute atomic E-state index is 0.0890. The second kappa shape index (κ2) is 7.57. The maximum absolute atomic E-state index is 11.9. The molecule has 0 saturated carbocycles. The van der Waals surface area contributed by atoms with E-state index in [1.165, 1.54) is 17.4 Å². The number of benzene rings is 1. The van der Waals surface area contributed by atoms with Gasteiger partial charge in [-0.05, 0) is 61.1 Å². The van der Waals surface area contributed by atoms with E-state index in [4.69, 9.17) is 4.74 Å². The number of rotatable bonds is 4. The first-order chi connectivity index (χ1) is 14.5. The van der Waals surface area contributed by atoms with Gasteiger partial charge in [0.2, 0.25) is 5.88 Å². The maximum Gasteiger partial charge on any atom is 0.250 e. The molecule has 2 aromatic heterocycles. The summed E-state index contributed by atoms with van der Waals surface area (Å²) in [6, 6.07) is 13.4. The first-order valence-electron chi connectivity index (χ1n) is 10.3. The van der Waals surface area contributed by atoms with Gasteiger partial charge in [0.15, 0.2) is 0 Å².